The molecule has 0 saturated carbocycles. The van der Waals surface area contributed by atoms with Crippen molar-refractivity contribution in [2.75, 3.05) is 6.61 Å². The Labute approximate surface area is 165 Å². The molecule has 0 spiro atoms. The average Bonchev–Trinajstić information content (AvgIpc) is 2.71. The molecule has 1 N–H and O–H groups in total. The summed E-state index contributed by atoms with van der Waals surface area (Å²) in [6.45, 7) is 3.99. The van der Waals surface area contributed by atoms with E-state index in [-0.39, 0.29) is 17.7 Å². The maximum atomic E-state index is 12.2. The number of carbonyl (C=O) groups excluding carboxylic acids is 2. The minimum absolute atomic E-state index is 0.0104. The first-order valence-corrected chi connectivity index (χ1v) is 9.55. The minimum Gasteiger partial charge on any atom is -0.494 e. The lowest BCUT2D eigenvalue weighted by Gasteiger charge is -2.15. The zero-order chi connectivity index (χ0) is 19.9. The molecule has 4 nitrogen and oxygen atoms in total. The van der Waals surface area contributed by atoms with Gasteiger partial charge in [0.05, 0.1) is 12.6 Å². The second kappa shape index (κ2) is 9.18. The fraction of sp³-hybridized carbons (Fsp3) is 0.250. The first-order valence-electron chi connectivity index (χ1n) is 9.55. The molecule has 0 aliphatic carbocycles. The first kappa shape index (κ1) is 19.6. The zero-order valence-electron chi connectivity index (χ0n) is 16.3. The van der Waals surface area contributed by atoms with Gasteiger partial charge >= 0.3 is 0 Å². The van der Waals surface area contributed by atoms with E-state index in [1.54, 1.807) is 24.3 Å². The largest absolute Gasteiger partial charge is 0.494 e. The molecule has 1 amide bonds. The Hall–Kier alpha value is -3.14. The molecule has 0 aliphatic heterocycles. The van der Waals surface area contributed by atoms with E-state index in [0.29, 0.717) is 30.8 Å². The van der Waals surface area contributed by atoms with E-state index in [9.17, 15) is 9.59 Å². The molecule has 0 heterocycles. The van der Waals surface area contributed by atoms with Gasteiger partial charge in [-0.05, 0) is 66.9 Å². The zero-order valence-corrected chi connectivity index (χ0v) is 16.3. The van der Waals surface area contributed by atoms with Gasteiger partial charge in [-0.1, -0.05) is 36.4 Å². The molecular weight excluding hydrogens is 350 g/mol. The van der Waals surface area contributed by atoms with Gasteiger partial charge in [0.2, 0.25) is 5.91 Å². The SMILES string of the molecule is CC(=O)c1ccc(OCCCC(=O)NC(C)c2ccc3ccccc3c2)cc1. The van der Waals surface area contributed by atoms with Crippen molar-refractivity contribution in [3.8, 4) is 5.75 Å². The third-order valence-electron chi connectivity index (χ3n) is 4.73. The van der Waals surface area contributed by atoms with Gasteiger partial charge < -0.3 is 10.1 Å². The molecule has 0 radical (unpaired) electrons. The highest BCUT2D eigenvalue weighted by molar-refractivity contribution is 5.94. The molecule has 0 fully saturated rings. The van der Waals surface area contributed by atoms with Crippen LogP contribution in [0.5, 0.6) is 5.75 Å². The average molecular weight is 375 g/mol. The van der Waals surface area contributed by atoms with E-state index in [2.05, 4.69) is 35.6 Å². The van der Waals surface area contributed by atoms with Gasteiger partial charge in [0.15, 0.2) is 5.78 Å². The van der Waals surface area contributed by atoms with Crippen molar-refractivity contribution in [3.63, 3.8) is 0 Å². The Morgan fingerprint density at radius 2 is 1.68 bits per heavy atom. The van der Waals surface area contributed by atoms with Crippen molar-refractivity contribution in [1.29, 1.82) is 0 Å². The quantitative estimate of drug-likeness (QED) is 0.441. The number of ether oxygens (including phenoxy) is 1. The van der Waals surface area contributed by atoms with Crippen LogP contribution in [-0.4, -0.2) is 18.3 Å². The summed E-state index contributed by atoms with van der Waals surface area (Å²) in [4.78, 5) is 23.5. The van der Waals surface area contributed by atoms with Crippen LogP contribution in [0.4, 0.5) is 0 Å². The van der Waals surface area contributed by atoms with Crippen molar-refractivity contribution in [2.24, 2.45) is 0 Å². The van der Waals surface area contributed by atoms with Crippen molar-refractivity contribution >= 4 is 22.5 Å². The fourth-order valence-electron chi connectivity index (χ4n) is 3.08. The summed E-state index contributed by atoms with van der Waals surface area (Å²) in [5.41, 5.74) is 1.75. The summed E-state index contributed by atoms with van der Waals surface area (Å²) in [7, 11) is 0. The van der Waals surface area contributed by atoms with E-state index >= 15 is 0 Å². The number of hydrogen-bond donors (Lipinski definition) is 1. The van der Waals surface area contributed by atoms with E-state index < -0.39 is 0 Å². The second-order valence-electron chi connectivity index (χ2n) is 6.93. The van der Waals surface area contributed by atoms with Crippen LogP contribution in [0, 0.1) is 0 Å². The first-order chi connectivity index (χ1) is 13.5. The molecule has 0 saturated heterocycles. The number of fused-ring (bicyclic) bond motifs is 1. The summed E-state index contributed by atoms with van der Waals surface area (Å²) in [5, 5.41) is 5.41. The molecule has 0 aromatic heterocycles. The van der Waals surface area contributed by atoms with Crippen LogP contribution in [0.25, 0.3) is 10.8 Å². The highest BCUT2D eigenvalue weighted by atomic mass is 16.5. The number of benzene rings is 3. The summed E-state index contributed by atoms with van der Waals surface area (Å²) in [6.07, 6.45) is 1.04. The molecule has 3 aromatic rings. The molecule has 144 valence electrons. The van der Waals surface area contributed by atoms with Crippen LogP contribution in [0.15, 0.2) is 66.7 Å². The second-order valence-corrected chi connectivity index (χ2v) is 6.93. The summed E-state index contributed by atoms with van der Waals surface area (Å²) in [5.74, 6) is 0.745. The van der Waals surface area contributed by atoms with E-state index in [1.165, 1.54) is 17.7 Å². The fourth-order valence-corrected chi connectivity index (χ4v) is 3.08. The topological polar surface area (TPSA) is 55.4 Å². The minimum atomic E-state index is -0.0443. The van der Waals surface area contributed by atoms with Gasteiger partial charge in [-0.3, -0.25) is 9.59 Å². The van der Waals surface area contributed by atoms with Gasteiger partial charge in [0.1, 0.15) is 5.75 Å². The summed E-state index contributed by atoms with van der Waals surface area (Å²) < 4.78 is 5.64. The maximum Gasteiger partial charge on any atom is 0.220 e. The standard InChI is InChI=1S/C24H25NO3/c1-17(21-10-9-20-6-3-4-7-22(20)16-21)25-24(27)8-5-15-28-23-13-11-19(12-14-23)18(2)26/h3-4,6-7,9-14,16-17H,5,8,15H2,1-2H3,(H,25,27). The van der Waals surface area contributed by atoms with E-state index in [4.69, 9.17) is 4.74 Å². The number of rotatable bonds is 8. The van der Waals surface area contributed by atoms with Crippen LogP contribution in [0.3, 0.4) is 0 Å². The van der Waals surface area contributed by atoms with Crippen molar-refractivity contribution in [3.05, 3.63) is 77.9 Å². The molecule has 4 heteroatoms. The van der Waals surface area contributed by atoms with Crippen LogP contribution in [0.1, 0.15) is 48.7 Å². The van der Waals surface area contributed by atoms with Gasteiger partial charge in [-0.25, -0.2) is 0 Å². The van der Waals surface area contributed by atoms with Gasteiger partial charge in [0, 0.05) is 12.0 Å². The number of hydrogen-bond acceptors (Lipinski definition) is 3. The molecule has 28 heavy (non-hydrogen) atoms. The van der Waals surface area contributed by atoms with Crippen LogP contribution < -0.4 is 10.1 Å². The number of nitrogens with one attached hydrogen (secondary N) is 1. The Balaban J connectivity index is 1.43. The maximum absolute atomic E-state index is 12.2. The van der Waals surface area contributed by atoms with E-state index in [0.717, 1.165) is 5.56 Å². The summed E-state index contributed by atoms with van der Waals surface area (Å²) in [6, 6.07) is 21.5. The summed E-state index contributed by atoms with van der Waals surface area (Å²) >= 11 is 0. The molecule has 0 bridgehead atoms. The third kappa shape index (κ3) is 5.19. The lowest BCUT2D eigenvalue weighted by molar-refractivity contribution is -0.121. The Bertz CT molecular complexity index is 963. The van der Waals surface area contributed by atoms with Gasteiger partial charge in [-0.15, -0.1) is 0 Å². The Kier molecular flexibility index (Phi) is 6.43. The predicted molar refractivity (Wildman–Crippen MR) is 112 cm³/mol. The van der Waals surface area contributed by atoms with Crippen LogP contribution >= 0.6 is 0 Å². The molecule has 0 aliphatic rings. The number of Topliss-reactive ketones (excluding diaryl/α,β-unsaturated/α-hetero) is 1. The van der Waals surface area contributed by atoms with Crippen molar-refractivity contribution in [1.82, 2.24) is 5.32 Å². The smallest absolute Gasteiger partial charge is 0.220 e. The monoisotopic (exact) mass is 375 g/mol. The predicted octanol–water partition coefficient (Wildman–Crippen LogP) is 5.08. The van der Waals surface area contributed by atoms with Crippen molar-refractivity contribution < 1.29 is 14.3 Å². The lowest BCUT2D eigenvalue weighted by atomic mass is 10.0. The highest BCUT2D eigenvalue weighted by Crippen LogP contribution is 2.20. The molecule has 1 unspecified atom stereocenters. The van der Waals surface area contributed by atoms with Crippen molar-refractivity contribution in [2.45, 2.75) is 32.7 Å². The van der Waals surface area contributed by atoms with Gasteiger partial charge in [-0.2, -0.15) is 0 Å². The molecule has 3 rings (SSSR count). The van der Waals surface area contributed by atoms with Crippen LogP contribution in [0.2, 0.25) is 0 Å². The van der Waals surface area contributed by atoms with Crippen LogP contribution in [-0.2, 0) is 4.79 Å². The Morgan fingerprint density at radius 3 is 2.39 bits per heavy atom. The van der Waals surface area contributed by atoms with E-state index in [1.807, 2.05) is 19.1 Å². The normalized spacial score (nSPS) is 11.8. The highest BCUT2D eigenvalue weighted by Gasteiger charge is 2.10. The molecule has 3 aromatic carbocycles. The third-order valence-corrected chi connectivity index (χ3v) is 4.73. The Morgan fingerprint density at radius 1 is 0.964 bits per heavy atom. The van der Waals surface area contributed by atoms with Gasteiger partial charge in [0.25, 0.3) is 0 Å². The molecular formula is C24H25NO3. The number of carbonyl (C=O) groups is 2. The number of ketones is 1. The molecule has 1 atom stereocenters. The number of amides is 1. The lowest BCUT2D eigenvalue weighted by Crippen LogP contribution is -2.26.